The van der Waals surface area contributed by atoms with Gasteiger partial charge in [-0.2, -0.15) is 0 Å². The molecule has 1 aliphatic heterocycles. The summed E-state index contributed by atoms with van der Waals surface area (Å²) in [5, 5.41) is 0.457. The molecule has 0 atom stereocenters. The lowest BCUT2D eigenvalue weighted by Crippen LogP contribution is -2.48. The molecule has 1 aliphatic rings. The molecule has 0 unspecified atom stereocenters. The molecule has 0 N–H and O–H groups in total. The number of aromatic nitrogens is 2. The molecule has 1 aromatic heterocycles. The monoisotopic (exact) mass is 454 g/mol. The number of aryl methyl sites for hydroxylation is 1. The van der Waals surface area contributed by atoms with Crippen molar-refractivity contribution in [3.8, 4) is 5.69 Å². The summed E-state index contributed by atoms with van der Waals surface area (Å²) in [6.07, 6.45) is 0. The summed E-state index contributed by atoms with van der Waals surface area (Å²) in [4.78, 5) is 35.1. The first-order chi connectivity index (χ1) is 16.5. The Labute approximate surface area is 197 Å². The zero-order chi connectivity index (χ0) is 23.7. The maximum Gasteiger partial charge on any atom is 0.337 e. The van der Waals surface area contributed by atoms with Gasteiger partial charge in [-0.3, -0.25) is 4.79 Å². The number of methoxy groups -OCH3 is 1. The van der Waals surface area contributed by atoms with E-state index in [9.17, 15) is 9.59 Å². The molecule has 172 valence electrons. The Morgan fingerprint density at radius 3 is 2.26 bits per heavy atom. The fourth-order valence-corrected chi connectivity index (χ4v) is 4.43. The molecule has 7 nitrogen and oxygen atoms in total. The third-order valence-corrected chi connectivity index (χ3v) is 6.22. The van der Waals surface area contributed by atoms with Crippen LogP contribution in [0, 0.1) is 6.92 Å². The molecule has 0 bridgehead atoms. The molecule has 0 spiro atoms. The highest BCUT2D eigenvalue weighted by molar-refractivity contribution is 5.94. The number of carbonyl (C=O) groups excluding carboxylic acids is 1. The zero-order valence-corrected chi connectivity index (χ0v) is 19.3. The normalized spacial score (nSPS) is 13.8. The van der Waals surface area contributed by atoms with Crippen molar-refractivity contribution in [1.29, 1.82) is 0 Å². The summed E-state index contributed by atoms with van der Waals surface area (Å²) >= 11 is 0. The average Bonchev–Trinajstić information content (AvgIpc) is 2.88. The predicted octanol–water partition coefficient (Wildman–Crippen LogP) is 3.81. The van der Waals surface area contributed by atoms with Gasteiger partial charge in [-0.1, -0.05) is 30.3 Å². The molecule has 0 saturated carbocycles. The summed E-state index contributed by atoms with van der Waals surface area (Å²) in [7, 11) is 1.34. The van der Waals surface area contributed by atoms with Gasteiger partial charge >= 0.3 is 5.97 Å². The minimum atomic E-state index is -0.454. The molecule has 1 saturated heterocycles. The first-order valence-electron chi connectivity index (χ1n) is 11.3. The summed E-state index contributed by atoms with van der Waals surface area (Å²) in [5.41, 5.74) is 3.88. The second-order valence-corrected chi connectivity index (χ2v) is 8.42. The summed E-state index contributed by atoms with van der Waals surface area (Å²) in [6, 6.07) is 22.9. The first-order valence-corrected chi connectivity index (χ1v) is 11.3. The van der Waals surface area contributed by atoms with Crippen molar-refractivity contribution in [3.63, 3.8) is 0 Å². The van der Waals surface area contributed by atoms with Gasteiger partial charge in [-0.05, 0) is 55.0 Å². The molecular weight excluding hydrogens is 428 g/mol. The van der Waals surface area contributed by atoms with Crippen LogP contribution < -0.4 is 15.4 Å². The van der Waals surface area contributed by atoms with Gasteiger partial charge in [0.25, 0.3) is 5.56 Å². The number of para-hydroxylation sites is 1. The number of hydrogen-bond acceptors (Lipinski definition) is 6. The van der Waals surface area contributed by atoms with Crippen LogP contribution in [0.25, 0.3) is 16.6 Å². The van der Waals surface area contributed by atoms with Crippen LogP contribution in [-0.4, -0.2) is 48.8 Å². The van der Waals surface area contributed by atoms with Crippen molar-refractivity contribution >= 4 is 28.5 Å². The number of fused-ring (bicyclic) bond motifs is 1. The second-order valence-electron chi connectivity index (χ2n) is 8.42. The fraction of sp³-hybridized carbons (Fsp3) is 0.222. The van der Waals surface area contributed by atoms with Crippen LogP contribution >= 0.6 is 0 Å². The van der Waals surface area contributed by atoms with E-state index in [-0.39, 0.29) is 5.56 Å². The van der Waals surface area contributed by atoms with Crippen molar-refractivity contribution < 1.29 is 9.53 Å². The lowest BCUT2D eigenvalue weighted by atomic mass is 10.1. The molecule has 0 amide bonds. The predicted molar refractivity (Wildman–Crippen MR) is 134 cm³/mol. The molecular formula is C27H26N4O3. The highest BCUT2D eigenvalue weighted by Gasteiger charge is 2.24. The van der Waals surface area contributed by atoms with Gasteiger partial charge in [0.15, 0.2) is 0 Å². The van der Waals surface area contributed by atoms with E-state index in [1.165, 1.54) is 18.4 Å². The highest BCUT2D eigenvalue weighted by atomic mass is 16.5. The van der Waals surface area contributed by atoms with Crippen LogP contribution in [0.1, 0.15) is 15.9 Å². The number of piperazine rings is 1. The van der Waals surface area contributed by atoms with E-state index in [2.05, 4.69) is 41.0 Å². The molecule has 34 heavy (non-hydrogen) atoms. The maximum atomic E-state index is 13.6. The Kier molecular flexibility index (Phi) is 5.76. The zero-order valence-electron chi connectivity index (χ0n) is 19.3. The average molecular weight is 455 g/mol. The van der Waals surface area contributed by atoms with Gasteiger partial charge < -0.3 is 14.5 Å². The van der Waals surface area contributed by atoms with Gasteiger partial charge in [0.2, 0.25) is 5.95 Å². The summed E-state index contributed by atoms with van der Waals surface area (Å²) < 4.78 is 6.52. The van der Waals surface area contributed by atoms with Crippen LogP contribution in [0.5, 0.6) is 0 Å². The van der Waals surface area contributed by atoms with E-state index < -0.39 is 5.97 Å². The standard InChI is InChI=1S/C27H26N4O3/c1-19-7-6-10-22(17-19)29-13-15-30(16-14-29)27-28-24-18-20(26(33)34-2)11-12-23(24)25(32)31(27)21-8-4-3-5-9-21/h3-12,17-18H,13-16H2,1-2H3. The van der Waals surface area contributed by atoms with Crippen LogP contribution in [0.3, 0.4) is 0 Å². The second kappa shape index (κ2) is 9.02. The maximum absolute atomic E-state index is 13.6. The number of esters is 1. The van der Waals surface area contributed by atoms with E-state index in [4.69, 9.17) is 9.72 Å². The van der Waals surface area contributed by atoms with Crippen LogP contribution in [0.2, 0.25) is 0 Å². The Balaban J connectivity index is 1.57. The summed E-state index contributed by atoms with van der Waals surface area (Å²) in [5.74, 6) is 0.124. The van der Waals surface area contributed by atoms with Crippen molar-refractivity contribution in [1.82, 2.24) is 9.55 Å². The van der Waals surface area contributed by atoms with Crippen LogP contribution in [0.4, 0.5) is 11.6 Å². The van der Waals surface area contributed by atoms with E-state index >= 15 is 0 Å². The number of nitrogens with zero attached hydrogens (tertiary/aromatic N) is 4. The Morgan fingerprint density at radius 1 is 0.853 bits per heavy atom. The third-order valence-electron chi connectivity index (χ3n) is 6.22. The number of ether oxygens (including phenoxy) is 1. The van der Waals surface area contributed by atoms with E-state index in [0.717, 1.165) is 31.9 Å². The molecule has 0 radical (unpaired) electrons. The Hall–Kier alpha value is -4.13. The summed E-state index contributed by atoms with van der Waals surface area (Å²) in [6.45, 7) is 5.16. The van der Waals surface area contributed by atoms with Gasteiger partial charge in [0.05, 0.1) is 29.3 Å². The van der Waals surface area contributed by atoms with Crippen molar-refractivity contribution in [2.24, 2.45) is 0 Å². The minimum absolute atomic E-state index is 0.163. The van der Waals surface area contributed by atoms with E-state index in [1.54, 1.807) is 22.8 Å². The molecule has 4 aromatic rings. The molecule has 2 heterocycles. The lowest BCUT2D eigenvalue weighted by Gasteiger charge is -2.37. The van der Waals surface area contributed by atoms with Crippen molar-refractivity contribution in [2.45, 2.75) is 6.92 Å². The third kappa shape index (κ3) is 4.01. The molecule has 1 fully saturated rings. The Morgan fingerprint density at radius 2 is 1.56 bits per heavy atom. The number of carbonyl (C=O) groups is 1. The highest BCUT2D eigenvalue weighted by Crippen LogP contribution is 2.24. The fourth-order valence-electron chi connectivity index (χ4n) is 4.43. The molecule has 3 aromatic carbocycles. The van der Waals surface area contributed by atoms with Crippen LogP contribution in [-0.2, 0) is 4.74 Å². The molecule has 5 rings (SSSR count). The van der Waals surface area contributed by atoms with Crippen LogP contribution in [0.15, 0.2) is 77.6 Å². The van der Waals surface area contributed by atoms with E-state index in [0.29, 0.717) is 22.4 Å². The van der Waals surface area contributed by atoms with Crippen molar-refractivity contribution in [2.75, 3.05) is 43.1 Å². The lowest BCUT2D eigenvalue weighted by molar-refractivity contribution is 0.0601. The SMILES string of the molecule is COC(=O)c1ccc2c(=O)n(-c3ccccc3)c(N3CCN(c4cccc(C)c4)CC3)nc2c1. The number of rotatable bonds is 4. The van der Waals surface area contributed by atoms with Gasteiger partial charge in [-0.15, -0.1) is 0 Å². The number of hydrogen-bond donors (Lipinski definition) is 0. The smallest absolute Gasteiger partial charge is 0.337 e. The van der Waals surface area contributed by atoms with Gasteiger partial charge in [0.1, 0.15) is 0 Å². The van der Waals surface area contributed by atoms with Gasteiger partial charge in [-0.25, -0.2) is 14.3 Å². The number of benzene rings is 3. The van der Waals surface area contributed by atoms with Crippen molar-refractivity contribution in [3.05, 3.63) is 94.3 Å². The largest absolute Gasteiger partial charge is 0.465 e. The van der Waals surface area contributed by atoms with Gasteiger partial charge in [0, 0.05) is 31.9 Å². The Bertz CT molecular complexity index is 1410. The minimum Gasteiger partial charge on any atom is -0.465 e. The first kappa shape index (κ1) is 21.7. The number of anilines is 2. The topological polar surface area (TPSA) is 67.7 Å². The quantitative estimate of drug-likeness (QED) is 0.437. The molecule has 7 heteroatoms. The van der Waals surface area contributed by atoms with E-state index in [1.807, 2.05) is 30.3 Å². The molecule has 0 aliphatic carbocycles.